The van der Waals surface area contributed by atoms with Crippen LogP contribution in [0.1, 0.15) is 22.0 Å². The summed E-state index contributed by atoms with van der Waals surface area (Å²) in [6, 6.07) is 3.79. The first-order valence-electron chi connectivity index (χ1n) is 7.71. The largest absolute Gasteiger partial charge is 0.437 e. The quantitative estimate of drug-likeness (QED) is 0.561. The summed E-state index contributed by atoms with van der Waals surface area (Å²) in [7, 11) is 0. The molecule has 2 heterocycles. The summed E-state index contributed by atoms with van der Waals surface area (Å²) in [5.74, 6) is -3.99. The smallest absolute Gasteiger partial charge is 0.363 e. The van der Waals surface area contributed by atoms with E-state index in [1.165, 1.54) is 29.8 Å². The van der Waals surface area contributed by atoms with Crippen LogP contribution in [0.3, 0.4) is 0 Å². The van der Waals surface area contributed by atoms with Gasteiger partial charge in [-0.1, -0.05) is 6.07 Å². The molecule has 0 unspecified atom stereocenters. The van der Waals surface area contributed by atoms with Crippen molar-refractivity contribution < 1.29 is 32.3 Å². The summed E-state index contributed by atoms with van der Waals surface area (Å²) in [6.45, 7) is 0. The summed E-state index contributed by atoms with van der Waals surface area (Å²) < 4.78 is 54.1. The van der Waals surface area contributed by atoms with E-state index in [1.54, 1.807) is 0 Å². The molecular formula is C17H13F4N3O3. The van der Waals surface area contributed by atoms with E-state index in [0.29, 0.717) is 0 Å². The van der Waals surface area contributed by atoms with Gasteiger partial charge in [0.25, 0.3) is 0 Å². The molecule has 0 radical (unpaired) electrons. The number of ketones is 1. The van der Waals surface area contributed by atoms with E-state index < -0.39 is 41.5 Å². The number of rotatable bonds is 3. The van der Waals surface area contributed by atoms with E-state index in [-0.39, 0.29) is 11.1 Å². The SMILES string of the molecule is O=C1N[C@@H](c2cccnc2)[C@H](C(=O)c2ccc(F)cc2)[C@@](O)(C(F)(F)F)N1. The molecule has 0 aliphatic carbocycles. The maximum absolute atomic E-state index is 13.7. The lowest BCUT2D eigenvalue weighted by molar-refractivity contribution is -0.287. The number of alkyl halides is 3. The van der Waals surface area contributed by atoms with Crippen molar-refractivity contribution in [1.82, 2.24) is 15.6 Å². The second kappa shape index (κ2) is 6.62. The Morgan fingerprint density at radius 2 is 1.85 bits per heavy atom. The molecule has 1 aromatic carbocycles. The van der Waals surface area contributed by atoms with Crippen molar-refractivity contribution in [1.29, 1.82) is 0 Å². The Morgan fingerprint density at radius 3 is 2.41 bits per heavy atom. The van der Waals surface area contributed by atoms with Crippen molar-refractivity contribution in [3.63, 3.8) is 0 Å². The number of aliphatic hydroxyl groups is 1. The predicted molar refractivity (Wildman–Crippen MR) is 83.9 cm³/mol. The zero-order chi connectivity index (χ0) is 19.8. The van der Waals surface area contributed by atoms with Crippen molar-refractivity contribution in [2.45, 2.75) is 17.9 Å². The molecule has 6 nitrogen and oxygen atoms in total. The fourth-order valence-electron chi connectivity index (χ4n) is 2.97. The summed E-state index contributed by atoms with van der Waals surface area (Å²) in [5.41, 5.74) is -3.99. The van der Waals surface area contributed by atoms with E-state index in [1.807, 2.05) is 0 Å². The van der Waals surface area contributed by atoms with Crippen LogP contribution in [0.4, 0.5) is 22.4 Å². The topological polar surface area (TPSA) is 91.3 Å². The fraction of sp³-hybridized carbons (Fsp3) is 0.235. The number of nitrogens with zero attached hydrogens (tertiary/aromatic N) is 1. The minimum atomic E-state index is -5.36. The second-order valence-electron chi connectivity index (χ2n) is 5.98. The minimum absolute atomic E-state index is 0.0930. The molecular weight excluding hydrogens is 370 g/mol. The zero-order valence-electron chi connectivity index (χ0n) is 13.5. The third-order valence-corrected chi connectivity index (χ3v) is 4.26. The summed E-state index contributed by atoms with van der Waals surface area (Å²) >= 11 is 0. The van der Waals surface area contributed by atoms with E-state index in [9.17, 15) is 32.3 Å². The number of amides is 2. The first-order valence-corrected chi connectivity index (χ1v) is 7.71. The molecule has 3 N–H and O–H groups in total. The van der Waals surface area contributed by atoms with Crippen LogP contribution >= 0.6 is 0 Å². The number of nitrogens with one attached hydrogen (secondary N) is 2. The van der Waals surface area contributed by atoms with Crippen LogP contribution in [0, 0.1) is 11.7 Å². The first-order chi connectivity index (χ1) is 12.6. The number of benzene rings is 1. The molecule has 1 saturated heterocycles. The van der Waals surface area contributed by atoms with Crippen LogP contribution in [-0.2, 0) is 0 Å². The number of carbonyl (C=O) groups excluding carboxylic acids is 2. The number of hydrogen-bond donors (Lipinski definition) is 3. The van der Waals surface area contributed by atoms with E-state index >= 15 is 0 Å². The molecule has 0 saturated carbocycles. The fourth-order valence-corrected chi connectivity index (χ4v) is 2.97. The number of Topliss-reactive ketones (excluding diaryl/α,β-unsaturated/α-hetero) is 1. The Kier molecular flexibility index (Phi) is 4.60. The van der Waals surface area contributed by atoms with Crippen LogP contribution < -0.4 is 10.6 Å². The maximum Gasteiger partial charge on any atom is 0.437 e. The minimum Gasteiger partial charge on any atom is -0.363 e. The van der Waals surface area contributed by atoms with E-state index in [0.717, 1.165) is 24.3 Å². The van der Waals surface area contributed by atoms with E-state index in [4.69, 9.17) is 0 Å². The predicted octanol–water partition coefficient (Wildman–Crippen LogP) is 2.32. The van der Waals surface area contributed by atoms with Gasteiger partial charge in [-0.05, 0) is 35.9 Å². The molecule has 142 valence electrons. The number of pyridine rings is 1. The van der Waals surface area contributed by atoms with Gasteiger partial charge in [-0.2, -0.15) is 13.2 Å². The Hall–Kier alpha value is -3.01. The molecule has 3 rings (SSSR count). The Balaban J connectivity index is 2.15. The number of carbonyl (C=O) groups is 2. The van der Waals surface area contributed by atoms with Crippen molar-refractivity contribution in [3.05, 3.63) is 65.7 Å². The van der Waals surface area contributed by atoms with Gasteiger partial charge in [0.2, 0.25) is 5.72 Å². The highest BCUT2D eigenvalue weighted by atomic mass is 19.4. The number of urea groups is 1. The number of aromatic nitrogens is 1. The molecule has 2 amide bonds. The molecule has 1 aliphatic heterocycles. The third kappa shape index (κ3) is 3.35. The monoisotopic (exact) mass is 383 g/mol. The van der Waals surface area contributed by atoms with Crippen molar-refractivity contribution in [3.8, 4) is 0 Å². The van der Waals surface area contributed by atoms with Crippen LogP contribution in [0.15, 0.2) is 48.8 Å². The van der Waals surface area contributed by atoms with Gasteiger partial charge in [-0.25, -0.2) is 9.18 Å². The molecule has 27 heavy (non-hydrogen) atoms. The maximum atomic E-state index is 13.7. The van der Waals surface area contributed by atoms with Gasteiger partial charge in [0.1, 0.15) is 11.7 Å². The van der Waals surface area contributed by atoms with Gasteiger partial charge in [-0.15, -0.1) is 0 Å². The van der Waals surface area contributed by atoms with Crippen LogP contribution in [-0.4, -0.2) is 33.8 Å². The Morgan fingerprint density at radius 1 is 1.19 bits per heavy atom. The summed E-state index contributed by atoms with van der Waals surface area (Å²) in [5, 5.41) is 14.0. The van der Waals surface area contributed by atoms with Crippen molar-refractivity contribution in [2.75, 3.05) is 0 Å². The Labute approximate surface area is 150 Å². The molecule has 1 aliphatic rings. The second-order valence-corrected chi connectivity index (χ2v) is 5.98. The highest BCUT2D eigenvalue weighted by Crippen LogP contribution is 2.43. The molecule has 0 spiro atoms. The van der Waals surface area contributed by atoms with Crippen LogP contribution in [0.25, 0.3) is 0 Å². The third-order valence-electron chi connectivity index (χ3n) is 4.26. The Bertz CT molecular complexity index is 858. The van der Waals surface area contributed by atoms with Crippen LogP contribution in [0.2, 0.25) is 0 Å². The lowest BCUT2D eigenvalue weighted by Gasteiger charge is -2.44. The zero-order valence-corrected chi connectivity index (χ0v) is 13.5. The molecule has 10 heteroatoms. The standard InChI is InChI=1S/C17H13F4N3O3/c18-11-5-3-9(4-6-11)14(25)12-13(10-2-1-7-22-8-10)23-15(26)24-16(12,27)17(19,20)21/h1-8,12-13,27H,(H2,23,24,26)/t12-,13+,16-/m1/s1. The summed E-state index contributed by atoms with van der Waals surface area (Å²) in [6.07, 6.45) is -2.82. The molecule has 1 fully saturated rings. The van der Waals surface area contributed by atoms with Gasteiger partial charge >= 0.3 is 12.2 Å². The average Bonchev–Trinajstić information content (AvgIpc) is 2.61. The van der Waals surface area contributed by atoms with Crippen LogP contribution in [0.5, 0.6) is 0 Å². The molecule has 1 aromatic heterocycles. The summed E-state index contributed by atoms with van der Waals surface area (Å²) in [4.78, 5) is 28.4. The normalized spacial score (nSPS) is 25.4. The van der Waals surface area contributed by atoms with Gasteiger partial charge in [0, 0.05) is 18.0 Å². The molecule has 0 bridgehead atoms. The van der Waals surface area contributed by atoms with Gasteiger partial charge in [0.05, 0.1) is 6.04 Å². The van der Waals surface area contributed by atoms with E-state index in [2.05, 4.69) is 10.3 Å². The van der Waals surface area contributed by atoms with Crippen molar-refractivity contribution >= 4 is 11.8 Å². The highest BCUT2D eigenvalue weighted by Gasteiger charge is 2.66. The van der Waals surface area contributed by atoms with Gasteiger partial charge in [-0.3, -0.25) is 9.78 Å². The first kappa shape index (κ1) is 18.8. The molecule has 3 atom stereocenters. The highest BCUT2D eigenvalue weighted by molar-refractivity contribution is 6.00. The lowest BCUT2D eigenvalue weighted by Crippen LogP contribution is -2.72. The van der Waals surface area contributed by atoms with Gasteiger partial charge in [0.15, 0.2) is 5.78 Å². The molecule has 2 aromatic rings. The number of halogens is 4. The van der Waals surface area contributed by atoms with Crippen molar-refractivity contribution in [2.24, 2.45) is 5.92 Å². The number of hydrogen-bond acceptors (Lipinski definition) is 4. The van der Waals surface area contributed by atoms with Gasteiger partial charge < -0.3 is 15.7 Å². The average molecular weight is 383 g/mol. The lowest BCUT2D eigenvalue weighted by atomic mass is 9.77.